The molecule has 1 amide bonds. The Bertz CT molecular complexity index is 313. The molecule has 19 heavy (non-hydrogen) atoms. The molecular weight excluding hydrogens is 240 g/mol. The summed E-state index contributed by atoms with van der Waals surface area (Å²) in [5.74, 6) is 0.0903. The molecule has 4 nitrogen and oxygen atoms in total. The molecule has 0 spiro atoms. The highest BCUT2D eigenvalue weighted by atomic mass is 16.5. The monoisotopic (exact) mass is 270 g/mol. The summed E-state index contributed by atoms with van der Waals surface area (Å²) in [6.45, 7) is 12.4. The van der Waals surface area contributed by atoms with Crippen LogP contribution in [0, 0.1) is 10.8 Å². The Morgan fingerprint density at radius 1 is 1.21 bits per heavy atom. The normalized spacial score (nSPS) is 20.1. The van der Waals surface area contributed by atoms with Crippen molar-refractivity contribution >= 4 is 5.91 Å². The van der Waals surface area contributed by atoms with Crippen molar-refractivity contribution in [3.63, 3.8) is 0 Å². The molecule has 0 aliphatic carbocycles. The molecule has 1 aliphatic heterocycles. The molecule has 4 heteroatoms. The number of ether oxygens (including phenoxy) is 1. The van der Waals surface area contributed by atoms with Gasteiger partial charge in [0.2, 0.25) is 5.91 Å². The first-order valence-electron chi connectivity index (χ1n) is 7.21. The van der Waals surface area contributed by atoms with E-state index in [1.54, 1.807) is 0 Å². The van der Waals surface area contributed by atoms with Gasteiger partial charge in [0.15, 0.2) is 0 Å². The number of amides is 1. The van der Waals surface area contributed by atoms with Crippen molar-refractivity contribution in [3.8, 4) is 0 Å². The fraction of sp³-hybridized carbons (Fsp3) is 0.933. The molecule has 0 radical (unpaired) electrons. The number of rotatable bonds is 4. The fourth-order valence-electron chi connectivity index (χ4n) is 3.10. The van der Waals surface area contributed by atoms with Crippen LogP contribution < -0.4 is 11.1 Å². The van der Waals surface area contributed by atoms with E-state index < -0.39 is 5.41 Å². The molecule has 0 saturated carbocycles. The van der Waals surface area contributed by atoms with Crippen LogP contribution >= 0.6 is 0 Å². The van der Waals surface area contributed by atoms with Gasteiger partial charge in [0, 0.05) is 25.3 Å². The van der Waals surface area contributed by atoms with E-state index >= 15 is 0 Å². The minimum Gasteiger partial charge on any atom is -0.381 e. The number of carbonyl (C=O) groups is 1. The Kier molecular flexibility index (Phi) is 5.02. The van der Waals surface area contributed by atoms with Gasteiger partial charge in [-0.05, 0) is 38.5 Å². The number of nitrogens with two attached hydrogens (primary N) is 1. The zero-order valence-corrected chi connectivity index (χ0v) is 13.1. The van der Waals surface area contributed by atoms with E-state index in [9.17, 15) is 4.79 Å². The number of carbonyl (C=O) groups excluding carboxylic acids is 1. The smallest absolute Gasteiger partial charge is 0.228 e. The number of hydrogen-bond donors (Lipinski definition) is 2. The first kappa shape index (κ1) is 16.4. The second-order valence-electron chi connectivity index (χ2n) is 7.67. The number of nitrogens with one attached hydrogen (secondary N) is 1. The van der Waals surface area contributed by atoms with Crippen LogP contribution in [-0.4, -0.2) is 31.2 Å². The standard InChI is InChI=1S/C15H30N2O2/c1-13(2,3)10-14(4,5)17-12(18)15(11-16)6-8-19-9-7-15/h6-11,16H2,1-5H3,(H,17,18). The van der Waals surface area contributed by atoms with Gasteiger partial charge in [0.25, 0.3) is 0 Å². The summed E-state index contributed by atoms with van der Waals surface area (Å²) in [7, 11) is 0. The molecule has 0 unspecified atom stereocenters. The van der Waals surface area contributed by atoms with Crippen LogP contribution in [0.5, 0.6) is 0 Å². The third-order valence-corrected chi connectivity index (χ3v) is 3.75. The van der Waals surface area contributed by atoms with E-state index in [0.717, 1.165) is 19.3 Å². The van der Waals surface area contributed by atoms with Crippen LogP contribution in [0.15, 0.2) is 0 Å². The Labute approximate surface area is 117 Å². The van der Waals surface area contributed by atoms with E-state index in [1.807, 2.05) is 0 Å². The minimum atomic E-state index is -0.437. The molecule has 3 N–H and O–H groups in total. The van der Waals surface area contributed by atoms with Crippen molar-refractivity contribution in [2.75, 3.05) is 19.8 Å². The lowest BCUT2D eigenvalue weighted by molar-refractivity contribution is -0.138. The van der Waals surface area contributed by atoms with Gasteiger partial charge in [-0.1, -0.05) is 20.8 Å². The van der Waals surface area contributed by atoms with E-state index in [1.165, 1.54) is 0 Å². The zero-order valence-electron chi connectivity index (χ0n) is 13.1. The van der Waals surface area contributed by atoms with Gasteiger partial charge in [-0.25, -0.2) is 0 Å². The van der Waals surface area contributed by atoms with Gasteiger partial charge in [-0.3, -0.25) is 4.79 Å². The lowest BCUT2D eigenvalue weighted by Gasteiger charge is -2.40. The predicted octanol–water partition coefficient (Wildman–Crippen LogP) is 2.07. The quantitative estimate of drug-likeness (QED) is 0.822. The fourth-order valence-corrected chi connectivity index (χ4v) is 3.10. The molecule has 1 aliphatic rings. The molecule has 0 aromatic carbocycles. The van der Waals surface area contributed by atoms with Crippen LogP contribution in [0.1, 0.15) is 53.9 Å². The van der Waals surface area contributed by atoms with Gasteiger partial charge in [-0.15, -0.1) is 0 Å². The third kappa shape index (κ3) is 4.77. The van der Waals surface area contributed by atoms with Crippen LogP contribution in [0.25, 0.3) is 0 Å². The van der Waals surface area contributed by atoms with E-state index in [0.29, 0.717) is 19.8 Å². The van der Waals surface area contributed by atoms with Gasteiger partial charge in [0.1, 0.15) is 0 Å². The van der Waals surface area contributed by atoms with Gasteiger partial charge in [-0.2, -0.15) is 0 Å². The lowest BCUT2D eigenvalue weighted by atomic mass is 9.77. The molecule has 0 aromatic heterocycles. The number of hydrogen-bond acceptors (Lipinski definition) is 3. The Morgan fingerprint density at radius 3 is 2.16 bits per heavy atom. The summed E-state index contributed by atoms with van der Waals surface area (Å²) >= 11 is 0. The van der Waals surface area contributed by atoms with Crippen molar-refractivity contribution in [2.45, 2.75) is 59.4 Å². The highest BCUT2D eigenvalue weighted by molar-refractivity contribution is 5.83. The van der Waals surface area contributed by atoms with Crippen molar-refractivity contribution in [2.24, 2.45) is 16.6 Å². The average molecular weight is 270 g/mol. The first-order chi connectivity index (χ1) is 8.60. The van der Waals surface area contributed by atoms with Crippen molar-refractivity contribution in [3.05, 3.63) is 0 Å². The molecule has 1 rings (SSSR count). The summed E-state index contributed by atoms with van der Waals surface area (Å²) < 4.78 is 5.35. The maximum atomic E-state index is 12.6. The van der Waals surface area contributed by atoms with Gasteiger partial charge < -0.3 is 15.8 Å². The predicted molar refractivity (Wildman–Crippen MR) is 77.8 cm³/mol. The topological polar surface area (TPSA) is 64.4 Å². The van der Waals surface area contributed by atoms with Crippen LogP contribution in [-0.2, 0) is 9.53 Å². The molecule has 1 fully saturated rings. The molecule has 1 saturated heterocycles. The third-order valence-electron chi connectivity index (χ3n) is 3.75. The molecule has 112 valence electrons. The zero-order chi connectivity index (χ0) is 14.7. The van der Waals surface area contributed by atoms with Crippen LogP contribution in [0.3, 0.4) is 0 Å². The summed E-state index contributed by atoms with van der Waals surface area (Å²) in [6, 6.07) is 0. The van der Waals surface area contributed by atoms with Gasteiger partial charge in [0.05, 0.1) is 5.41 Å². The largest absolute Gasteiger partial charge is 0.381 e. The highest BCUT2D eigenvalue weighted by Crippen LogP contribution is 2.32. The Morgan fingerprint density at radius 2 is 1.74 bits per heavy atom. The lowest BCUT2D eigenvalue weighted by Crippen LogP contribution is -2.55. The summed E-state index contributed by atoms with van der Waals surface area (Å²) in [6.07, 6.45) is 2.38. The molecule has 0 atom stereocenters. The summed E-state index contributed by atoms with van der Waals surface area (Å²) in [5, 5.41) is 3.20. The van der Waals surface area contributed by atoms with Crippen molar-refractivity contribution < 1.29 is 9.53 Å². The Hall–Kier alpha value is -0.610. The second kappa shape index (κ2) is 5.80. The van der Waals surface area contributed by atoms with Gasteiger partial charge >= 0.3 is 0 Å². The molecule has 0 bridgehead atoms. The van der Waals surface area contributed by atoms with Crippen LogP contribution in [0.2, 0.25) is 0 Å². The molecule has 0 aromatic rings. The summed E-state index contributed by atoms with van der Waals surface area (Å²) in [5.41, 5.74) is 5.40. The van der Waals surface area contributed by atoms with Crippen LogP contribution in [0.4, 0.5) is 0 Å². The first-order valence-corrected chi connectivity index (χ1v) is 7.21. The molecule has 1 heterocycles. The maximum absolute atomic E-state index is 12.6. The van der Waals surface area contributed by atoms with Crippen molar-refractivity contribution in [1.82, 2.24) is 5.32 Å². The Balaban J connectivity index is 2.71. The van der Waals surface area contributed by atoms with Crippen molar-refractivity contribution in [1.29, 1.82) is 0 Å². The highest BCUT2D eigenvalue weighted by Gasteiger charge is 2.41. The second-order valence-corrected chi connectivity index (χ2v) is 7.67. The molecular formula is C15H30N2O2. The van der Waals surface area contributed by atoms with E-state index in [2.05, 4.69) is 39.9 Å². The van der Waals surface area contributed by atoms with E-state index in [-0.39, 0.29) is 16.9 Å². The SMILES string of the molecule is CC(C)(C)CC(C)(C)NC(=O)C1(CN)CCOCC1. The maximum Gasteiger partial charge on any atom is 0.228 e. The minimum absolute atomic E-state index is 0.0903. The van der Waals surface area contributed by atoms with E-state index in [4.69, 9.17) is 10.5 Å². The average Bonchev–Trinajstić information content (AvgIpc) is 2.25. The summed E-state index contributed by atoms with van der Waals surface area (Å²) in [4.78, 5) is 12.6.